The highest BCUT2D eigenvalue weighted by atomic mass is 16.7. The molecule has 3 fully saturated rings. The van der Waals surface area contributed by atoms with Gasteiger partial charge in [-0.1, -0.05) is 26.0 Å². The largest absolute Gasteiger partial charge is 0.507 e. The minimum absolute atomic E-state index is 0.00566. The molecular weight excluding hydrogens is 626 g/mol. The van der Waals surface area contributed by atoms with Gasteiger partial charge in [0.1, 0.15) is 29.0 Å². The Hall–Kier alpha value is -3.43. The summed E-state index contributed by atoms with van der Waals surface area (Å²) >= 11 is 0. The molecule has 5 aliphatic rings. The summed E-state index contributed by atoms with van der Waals surface area (Å²) in [6.45, 7) is 6.45. The molecule has 0 bridgehead atoms. The number of carbonyl (C=O) groups is 3. The molecule has 3 N–H and O–H groups in total. The van der Waals surface area contributed by atoms with Gasteiger partial charge < -0.3 is 43.7 Å². The van der Waals surface area contributed by atoms with E-state index in [0.717, 1.165) is 0 Å². The lowest BCUT2D eigenvalue weighted by Crippen LogP contribution is -2.55. The van der Waals surface area contributed by atoms with Crippen LogP contribution in [0.15, 0.2) is 18.2 Å². The number of ether oxygens (including phenoxy) is 6. The third kappa shape index (κ3) is 4.90. The van der Waals surface area contributed by atoms with Crippen LogP contribution >= 0.6 is 0 Å². The highest BCUT2D eigenvalue weighted by Gasteiger charge is 2.55. The molecule has 2 aromatic carbocycles. The van der Waals surface area contributed by atoms with Crippen LogP contribution in [0.1, 0.15) is 89.1 Å². The second kappa shape index (κ2) is 12.2. The van der Waals surface area contributed by atoms with Crippen LogP contribution in [0.25, 0.3) is 0 Å². The number of ketones is 3. The molecule has 0 spiro atoms. The Bertz CT molecular complexity index is 1680. The molecule has 2 unspecified atom stereocenters. The molecule has 3 aliphatic heterocycles. The van der Waals surface area contributed by atoms with Crippen LogP contribution in [-0.2, 0) is 34.9 Å². The first kappa shape index (κ1) is 33.1. The van der Waals surface area contributed by atoms with Crippen molar-refractivity contribution in [2.75, 3.05) is 27.4 Å². The number of aliphatic hydroxyl groups is 1. The number of carbonyl (C=O) groups excluding carboxylic acids is 3. The number of rotatable bonds is 7. The van der Waals surface area contributed by atoms with Crippen LogP contribution in [-0.4, -0.2) is 108 Å². The van der Waals surface area contributed by atoms with E-state index in [2.05, 4.69) is 4.90 Å². The van der Waals surface area contributed by atoms with Gasteiger partial charge >= 0.3 is 0 Å². The Balaban J connectivity index is 1.31. The number of phenols is 2. The van der Waals surface area contributed by atoms with Crippen LogP contribution in [0, 0.1) is 5.92 Å². The number of benzene rings is 2. The Morgan fingerprint density at radius 2 is 1.85 bits per heavy atom. The predicted molar refractivity (Wildman–Crippen MR) is 166 cm³/mol. The fraction of sp³-hybridized carbons (Fsp3) is 0.571. The van der Waals surface area contributed by atoms with Crippen molar-refractivity contribution in [3.8, 4) is 17.2 Å². The summed E-state index contributed by atoms with van der Waals surface area (Å²) in [5.41, 5.74) is -2.82. The van der Waals surface area contributed by atoms with Gasteiger partial charge in [0.05, 0.1) is 42.6 Å². The number of hydrogen-bond acceptors (Lipinski definition) is 13. The molecule has 9 atom stereocenters. The van der Waals surface area contributed by atoms with Gasteiger partial charge in [-0.2, -0.15) is 0 Å². The van der Waals surface area contributed by atoms with Crippen molar-refractivity contribution >= 4 is 17.3 Å². The predicted octanol–water partition coefficient (Wildman–Crippen LogP) is 2.77. The van der Waals surface area contributed by atoms with Crippen molar-refractivity contribution in [3.05, 3.63) is 51.6 Å². The lowest BCUT2D eigenvalue weighted by atomic mass is 9.70. The number of hydrogen-bond donors (Lipinski definition) is 3. The van der Waals surface area contributed by atoms with Gasteiger partial charge in [-0.3, -0.25) is 19.3 Å². The van der Waals surface area contributed by atoms with Crippen LogP contribution < -0.4 is 4.74 Å². The van der Waals surface area contributed by atoms with Crippen LogP contribution in [0.4, 0.5) is 0 Å². The van der Waals surface area contributed by atoms with Crippen molar-refractivity contribution in [1.29, 1.82) is 0 Å². The first-order valence-corrected chi connectivity index (χ1v) is 16.4. The zero-order chi connectivity index (χ0) is 34.2. The minimum Gasteiger partial charge on any atom is -0.507 e. The Morgan fingerprint density at radius 1 is 1.10 bits per heavy atom. The van der Waals surface area contributed by atoms with E-state index >= 15 is 0 Å². The summed E-state index contributed by atoms with van der Waals surface area (Å²) in [5, 5.41) is 35.6. The summed E-state index contributed by atoms with van der Waals surface area (Å²) in [5.74, 6) is -3.38. The molecule has 3 heterocycles. The lowest BCUT2D eigenvalue weighted by molar-refractivity contribution is -0.256. The van der Waals surface area contributed by atoms with E-state index in [4.69, 9.17) is 28.4 Å². The molecule has 48 heavy (non-hydrogen) atoms. The maximum Gasteiger partial charge on any atom is 0.202 e. The molecule has 0 radical (unpaired) electrons. The van der Waals surface area contributed by atoms with Crippen molar-refractivity contribution in [1.82, 2.24) is 4.90 Å². The van der Waals surface area contributed by atoms with Crippen molar-refractivity contribution in [3.63, 3.8) is 0 Å². The number of methoxy groups -OCH3 is 2. The first-order valence-electron chi connectivity index (χ1n) is 16.4. The zero-order valence-electron chi connectivity index (χ0n) is 27.6. The van der Waals surface area contributed by atoms with Gasteiger partial charge in [0.25, 0.3) is 0 Å². The maximum atomic E-state index is 14.0. The topological polar surface area (TPSA) is 171 Å². The minimum atomic E-state index is -2.01. The van der Waals surface area contributed by atoms with Crippen molar-refractivity contribution in [2.45, 2.75) is 95.2 Å². The third-order valence-electron chi connectivity index (χ3n) is 10.7. The van der Waals surface area contributed by atoms with Gasteiger partial charge in [0.15, 0.2) is 30.4 Å². The molecule has 0 amide bonds. The zero-order valence-corrected chi connectivity index (χ0v) is 27.6. The van der Waals surface area contributed by atoms with E-state index in [-0.39, 0.29) is 52.1 Å². The number of nitrogens with zero attached hydrogens (tertiary/aromatic N) is 1. The fourth-order valence-electron chi connectivity index (χ4n) is 8.16. The van der Waals surface area contributed by atoms with E-state index in [9.17, 15) is 29.7 Å². The summed E-state index contributed by atoms with van der Waals surface area (Å²) < 4.78 is 35.8. The normalized spacial score (nSPS) is 33.2. The average molecular weight is 668 g/mol. The molecule has 2 aromatic rings. The smallest absolute Gasteiger partial charge is 0.202 e. The number of phenolic OH excluding ortho intramolecular Hbond substituents is 2. The Labute approximate surface area is 277 Å². The van der Waals surface area contributed by atoms with Gasteiger partial charge in [-0.15, -0.1) is 0 Å². The quantitative estimate of drug-likeness (QED) is 0.315. The van der Waals surface area contributed by atoms with Gasteiger partial charge in [0, 0.05) is 61.6 Å². The summed E-state index contributed by atoms with van der Waals surface area (Å²) in [4.78, 5) is 43.7. The monoisotopic (exact) mass is 667 g/mol. The van der Waals surface area contributed by atoms with E-state index in [1.807, 2.05) is 13.8 Å². The number of fused-ring (bicyclic) bond motifs is 6. The highest BCUT2D eigenvalue weighted by Crippen LogP contribution is 2.53. The molecule has 13 nitrogen and oxygen atoms in total. The Kier molecular flexibility index (Phi) is 8.38. The maximum absolute atomic E-state index is 14.0. The molecule has 2 aliphatic carbocycles. The molecule has 0 aromatic heterocycles. The summed E-state index contributed by atoms with van der Waals surface area (Å²) in [6, 6.07) is 4.39. The van der Waals surface area contributed by atoms with Gasteiger partial charge in [-0.05, 0) is 19.4 Å². The molecule has 7 rings (SSSR count). The summed E-state index contributed by atoms with van der Waals surface area (Å²) in [6.07, 6.45) is -3.70. The highest BCUT2D eigenvalue weighted by molar-refractivity contribution is 6.31. The van der Waals surface area contributed by atoms with Gasteiger partial charge in [0.2, 0.25) is 5.78 Å². The van der Waals surface area contributed by atoms with E-state index in [1.54, 1.807) is 20.1 Å². The number of Topliss-reactive ketones (excluding diaryl/α,β-unsaturated/α-hetero) is 1. The van der Waals surface area contributed by atoms with Crippen molar-refractivity contribution < 1.29 is 58.1 Å². The van der Waals surface area contributed by atoms with E-state index in [0.29, 0.717) is 26.0 Å². The molecule has 13 heteroatoms. The first-order chi connectivity index (χ1) is 22.9. The standard InChI is InChI=1S/C35H41NO12/c1-6-15(2)32(41)35(42)13-18-24(30(40)26-25(28(18)38)27(37)17-8-7-9-20(43-4)23(17)29(26)39)21(14-35)47-22-12-19-31(16(3)46-22)48-33-34(44-5)45-11-10-36(19)33/h7-9,15-16,19,21-22,31,33-34,38,40,42H,6,10-14H2,1-5H3/t15?,16-,19?,21-,22-,31+,33+,34-,35-/m0/s1. The lowest BCUT2D eigenvalue weighted by Gasteiger charge is -2.43. The second-order valence-electron chi connectivity index (χ2n) is 13.4. The SMILES string of the molecule is CCC(C)C(=O)[C@]1(O)Cc2c(O)c3c(c(O)c2[C@@H](O[C@H]2CC4[C@H](O[C@@H]5[C@@H](OC)OCCN45)[C@H](C)O2)C1)C(=O)c1c(OC)cccc1C3=O. The Morgan fingerprint density at radius 3 is 2.56 bits per heavy atom. The summed E-state index contributed by atoms with van der Waals surface area (Å²) in [7, 11) is 2.92. The molecule has 3 saturated heterocycles. The molecular formula is C35H41NO12. The van der Waals surface area contributed by atoms with Crippen LogP contribution in [0.3, 0.4) is 0 Å². The number of morpholine rings is 1. The van der Waals surface area contributed by atoms with Crippen molar-refractivity contribution in [2.24, 2.45) is 5.92 Å². The second-order valence-corrected chi connectivity index (χ2v) is 13.4. The van der Waals surface area contributed by atoms with E-state index in [1.165, 1.54) is 19.2 Å². The molecule has 258 valence electrons. The fourth-order valence-corrected chi connectivity index (χ4v) is 8.16. The molecule has 0 saturated carbocycles. The average Bonchev–Trinajstić information content (AvgIpc) is 3.46. The van der Waals surface area contributed by atoms with Gasteiger partial charge in [-0.25, -0.2) is 0 Å². The van der Waals surface area contributed by atoms with Crippen LogP contribution in [0.5, 0.6) is 17.2 Å². The number of aromatic hydroxyl groups is 2. The van der Waals surface area contributed by atoms with Crippen LogP contribution in [0.2, 0.25) is 0 Å². The third-order valence-corrected chi connectivity index (χ3v) is 10.7. The van der Waals surface area contributed by atoms with E-state index < -0.39 is 83.4 Å².